The summed E-state index contributed by atoms with van der Waals surface area (Å²) >= 11 is 1.54. The third-order valence-corrected chi connectivity index (χ3v) is 8.43. The van der Waals surface area contributed by atoms with Crippen molar-refractivity contribution >= 4 is 34.0 Å². The number of amides is 2. The molecule has 2 amide bonds. The van der Waals surface area contributed by atoms with E-state index in [0.29, 0.717) is 10.7 Å². The van der Waals surface area contributed by atoms with Crippen LogP contribution in [-0.4, -0.2) is 16.8 Å². The second-order valence-electron chi connectivity index (χ2n) is 10.0. The van der Waals surface area contributed by atoms with Crippen LogP contribution in [0.25, 0.3) is 0 Å². The number of nitrogens with zero attached hydrogens (tertiary/aromatic N) is 1. The monoisotopic (exact) mass is 421 g/mol. The molecule has 6 heteroatoms. The van der Waals surface area contributed by atoms with Crippen LogP contribution in [0.5, 0.6) is 0 Å². The average molecular weight is 422 g/mol. The zero-order valence-corrected chi connectivity index (χ0v) is 17.8. The maximum absolute atomic E-state index is 12.7. The van der Waals surface area contributed by atoms with Gasteiger partial charge in [0.15, 0.2) is 5.13 Å². The van der Waals surface area contributed by atoms with Crippen LogP contribution < -0.4 is 10.6 Å². The van der Waals surface area contributed by atoms with E-state index in [9.17, 15) is 9.59 Å². The molecule has 1 heterocycles. The van der Waals surface area contributed by atoms with Gasteiger partial charge in [-0.05, 0) is 93.4 Å². The maximum Gasteiger partial charge on any atom is 0.257 e. The summed E-state index contributed by atoms with van der Waals surface area (Å²) in [6.45, 7) is 0. The van der Waals surface area contributed by atoms with Gasteiger partial charge in [-0.15, -0.1) is 11.3 Å². The highest BCUT2D eigenvalue weighted by molar-refractivity contribution is 7.14. The topological polar surface area (TPSA) is 71.1 Å². The Labute approximate surface area is 180 Å². The first kappa shape index (κ1) is 18.6. The normalized spacial score (nSPS) is 31.5. The summed E-state index contributed by atoms with van der Waals surface area (Å²) in [6.07, 6.45) is 10.1. The average Bonchev–Trinajstić information content (AvgIpc) is 3.46. The molecule has 0 saturated heterocycles. The van der Waals surface area contributed by atoms with Crippen molar-refractivity contribution < 1.29 is 9.59 Å². The fraction of sp³-hybridized carbons (Fsp3) is 0.542. The highest BCUT2D eigenvalue weighted by Gasteiger charge is 2.52. The molecule has 7 rings (SSSR count). The lowest BCUT2D eigenvalue weighted by Gasteiger charge is -2.56. The van der Waals surface area contributed by atoms with E-state index in [4.69, 9.17) is 4.98 Å². The molecule has 5 aliphatic carbocycles. The molecule has 5 fully saturated rings. The second-order valence-corrected chi connectivity index (χ2v) is 10.9. The molecular weight excluding hydrogens is 394 g/mol. The molecule has 0 aliphatic heterocycles. The van der Waals surface area contributed by atoms with E-state index >= 15 is 0 Å². The third kappa shape index (κ3) is 3.35. The van der Waals surface area contributed by atoms with Gasteiger partial charge < -0.3 is 5.32 Å². The summed E-state index contributed by atoms with van der Waals surface area (Å²) in [5.41, 5.74) is 2.78. The molecular formula is C24H27N3O2S. The fourth-order valence-corrected chi connectivity index (χ4v) is 7.29. The molecule has 2 aromatic rings. The molecule has 1 aromatic carbocycles. The van der Waals surface area contributed by atoms with Crippen LogP contribution in [0.3, 0.4) is 0 Å². The number of aromatic nitrogens is 1. The number of hydrogen-bond donors (Lipinski definition) is 2. The van der Waals surface area contributed by atoms with Crippen molar-refractivity contribution in [3.05, 3.63) is 40.9 Å². The van der Waals surface area contributed by atoms with Gasteiger partial charge in [-0.25, -0.2) is 4.98 Å². The highest BCUT2D eigenvalue weighted by atomic mass is 32.1. The molecule has 5 aliphatic rings. The van der Waals surface area contributed by atoms with Gasteiger partial charge >= 0.3 is 0 Å². The highest BCUT2D eigenvalue weighted by Crippen LogP contribution is 2.60. The molecule has 0 spiro atoms. The van der Waals surface area contributed by atoms with Crippen molar-refractivity contribution in [1.29, 1.82) is 0 Å². The zero-order chi connectivity index (χ0) is 20.3. The van der Waals surface area contributed by atoms with E-state index < -0.39 is 0 Å². The van der Waals surface area contributed by atoms with E-state index in [2.05, 4.69) is 16.0 Å². The van der Waals surface area contributed by atoms with Crippen molar-refractivity contribution in [3.8, 4) is 0 Å². The Kier molecular flexibility index (Phi) is 4.27. The van der Waals surface area contributed by atoms with Crippen LogP contribution >= 0.6 is 11.3 Å². The van der Waals surface area contributed by atoms with Crippen LogP contribution in [0.15, 0.2) is 29.6 Å². The van der Waals surface area contributed by atoms with Crippen molar-refractivity contribution in [1.82, 2.24) is 4.98 Å². The Morgan fingerprint density at radius 1 is 0.933 bits per heavy atom. The van der Waals surface area contributed by atoms with Gasteiger partial charge in [-0.1, -0.05) is 0 Å². The lowest BCUT2D eigenvalue weighted by atomic mass is 9.49. The minimum atomic E-state index is -0.151. The molecule has 0 radical (unpaired) electrons. The molecule has 4 bridgehead atoms. The minimum absolute atomic E-state index is 0.0761. The molecule has 1 aromatic heterocycles. The van der Waals surface area contributed by atoms with Crippen LogP contribution in [0, 0.1) is 23.7 Å². The molecule has 0 unspecified atom stereocenters. The van der Waals surface area contributed by atoms with Gasteiger partial charge in [0.2, 0.25) is 5.91 Å². The number of carbonyl (C=O) groups excluding carboxylic acids is 2. The predicted molar refractivity (Wildman–Crippen MR) is 118 cm³/mol. The van der Waals surface area contributed by atoms with E-state index in [1.54, 1.807) is 35.6 Å². The van der Waals surface area contributed by atoms with Gasteiger partial charge in [0.05, 0.1) is 5.69 Å². The standard InChI is InChI=1S/C24H27N3O2S/c28-21(17-1-2-17)25-19-5-3-18(4-6-19)22(29)27-23-26-20(13-30-23)24-10-14-7-15(11-24)9-16(8-14)12-24/h3-6,13-17H,1-2,7-12H2,(H,25,28)(H,26,27,29). The Balaban J connectivity index is 1.13. The van der Waals surface area contributed by atoms with Crippen molar-refractivity contribution in [3.63, 3.8) is 0 Å². The summed E-state index contributed by atoms with van der Waals surface area (Å²) in [6, 6.07) is 7.09. The Hall–Kier alpha value is -2.21. The minimum Gasteiger partial charge on any atom is -0.326 e. The number of rotatable bonds is 5. The van der Waals surface area contributed by atoms with Crippen LogP contribution in [0.4, 0.5) is 10.8 Å². The molecule has 156 valence electrons. The number of benzene rings is 1. The molecule has 2 N–H and O–H groups in total. The van der Waals surface area contributed by atoms with Gasteiger partial charge in [-0.3, -0.25) is 14.9 Å². The third-order valence-electron chi connectivity index (χ3n) is 7.67. The van der Waals surface area contributed by atoms with E-state index in [0.717, 1.165) is 36.3 Å². The Morgan fingerprint density at radius 2 is 1.57 bits per heavy atom. The summed E-state index contributed by atoms with van der Waals surface area (Å²) in [5, 5.41) is 8.76. The molecule has 5 nitrogen and oxygen atoms in total. The molecule has 0 atom stereocenters. The van der Waals surface area contributed by atoms with Crippen LogP contribution in [0.2, 0.25) is 0 Å². The first-order chi connectivity index (χ1) is 14.6. The smallest absolute Gasteiger partial charge is 0.257 e. The van der Waals surface area contributed by atoms with Crippen LogP contribution in [0.1, 0.15) is 67.4 Å². The quantitative estimate of drug-likeness (QED) is 0.696. The molecule has 30 heavy (non-hydrogen) atoms. The maximum atomic E-state index is 12.7. The zero-order valence-electron chi connectivity index (χ0n) is 17.0. The first-order valence-corrected chi connectivity index (χ1v) is 12.1. The van der Waals surface area contributed by atoms with Crippen molar-refractivity contribution in [2.75, 3.05) is 10.6 Å². The fourth-order valence-electron chi connectivity index (χ4n) is 6.46. The van der Waals surface area contributed by atoms with Gasteiger partial charge in [-0.2, -0.15) is 0 Å². The summed E-state index contributed by atoms with van der Waals surface area (Å²) in [4.78, 5) is 29.4. The SMILES string of the molecule is O=C(Nc1nc(C23CC4CC(CC(C4)C2)C3)cs1)c1ccc(NC(=O)C2CC2)cc1. The van der Waals surface area contributed by atoms with E-state index in [1.807, 2.05) is 0 Å². The number of anilines is 2. The van der Waals surface area contributed by atoms with Gasteiger partial charge in [0, 0.05) is 28.0 Å². The lowest BCUT2D eigenvalue weighted by Crippen LogP contribution is -2.48. The first-order valence-electron chi connectivity index (χ1n) is 11.2. The summed E-state index contributed by atoms with van der Waals surface area (Å²) in [5.74, 6) is 2.74. The largest absolute Gasteiger partial charge is 0.326 e. The van der Waals surface area contributed by atoms with Gasteiger partial charge in [0.25, 0.3) is 5.91 Å². The molecule has 5 saturated carbocycles. The number of nitrogens with one attached hydrogen (secondary N) is 2. The van der Waals surface area contributed by atoms with E-state index in [-0.39, 0.29) is 23.1 Å². The second kappa shape index (κ2) is 6.91. The Bertz CT molecular complexity index is 957. The number of thiazole rings is 1. The predicted octanol–water partition coefficient (Wildman–Crippen LogP) is 5.21. The van der Waals surface area contributed by atoms with Crippen molar-refractivity contribution in [2.24, 2.45) is 23.7 Å². The lowest BCUT2D eigenvalue weighted by molar-refractivity contribution is -0.117. The van der Waals surface area contributed by atoms with Crippen LogP contribution in [-0.2, 0) is 10.2 Å². The Morgan fingerprint density at radius 3 is 2.17 bits per heavy atom. The number of carbonyl (C=O) groups is 2. The summed E-state index contributed by atoms with van der Waals surface area (Å²) < 4.78 is 0. The van der Waals surface area contributed by atoms with Gasteiger partial charge in [0.1, 0.15) is 0 Å². The summed E-state index contributed by atoms with van der Waals surface area (Å²) in [7, 11) is 0. The van der Waals surface area contributed by atoms with E-state index in [1.165, 1.54) is 44.2 Å². The van der Waals surface area contributed by atoms with Crippen molar-refractivity contribution in [2.45, 2.75) is 56.8 Å². The number of hydrogen-bond acceptors (Lipinski definition) is 4.